The van der Waals surface area contributed by atoms with Gasteiger partial charge in [0.05, 0.1) is 11.4 Å². The van der Waals surface area contributed by atoms with Crippen LogP contribution in [0.25, 0.3) is 0 Å². The number of phenols is 1. The summed E-state index contributed by atoms with van der Waals surface area (Å²) in [5, 5.41) is 9.81. The fourth-order valence-corrected chi connectivity index (χ4v) is 7.64. The Morgan fingerprint density at radius 1 is 0.824 bits per heavy atom. The van der Waals surface area contributed by atoms with Gasteiger partial charge in [0.25, 0.3) is 5.91 Å². The number of hydrogen-bond acceptors (Lipinski definition) is 4. The minimum absolute atomic E-state index is 0.0704. The number of carbonyl (C=O) groups is 2. The molecule has 6 heteroatoms. The highest BCUT2D eigenvalue weighted by Gasteiger charge is 2.65. The summed E-state index contributed by atoms with van der Waals surface area (Å²) in [5.74, 6) is 0.168. The first-order valence-electron chi connectivity index (χ1n) is 11.5. The van der Waals surface area contributed by atoms with Crippen LogP contribution in [0.2, 0.25) is 0 Å². The molecule has 1 spiro atoms. The van der Waals surface area contributed by atoms with E-state index in [1.54, 1.807) is 29.2 Å². The van der Waals surface area contributed by atoms with Crippen LogP contribution >= 0.6 is 11.8 Å². The van der Waals surface area contributed by atoms with Gasteiger partial charge in [-0.2, -0.15) is 0 Å². The Kier molecular flexibility index (Phi) is 4.31. The van der Waals surface area contributed by atoms with Crippen molar-refractivity contribution < 1.29 is 14.7 Å². The molecule has 3 aromatic carbocycles. The summed E-state index contributed by atoms with van der Waals surface area (Å²) in [7, 11) is 0. The maximum atomic E-state index is 14.4. The van der Waals surface area contributed by atoms with Crippen molar-refractivity contribution in [1.82, 2.24) is 0 Å². The van der Waals surface area contributed by atoms with Gasteiger partial charge >= 0.3 is 0 Å². The van der Waals surface area contributed by atoms with E-state index in [1.165, 1.54) is 17.3 Å². The Bertz CT molecular complexity index is 1340. The summed E-state index contributed by atoms with van der Waals surface area (Å²) in [4.78, 5) is 30.1. The normalized spacial score (nSPS) is 26.9. The molecule has 0 radical (unpaired) electrons. The molecule has 2 atom stereocenters. The maximum Gasteiger partial charge on any atom is 0.269 e. The van der Waals surface area contributed by atoms with Crippen LogP contribution in [0.1, 0.15) is 43.9 Å². The lowest BCUT2D eigenvalue weighted by atomic mass is 9.65. The van der Waals surface area contributed by atoms with Crippen molar-refractivity contribution in [2.45, 2.75) is 43.0 Å². The van der Waals surface area contributed by atoms with E-state index in [2.05, 4.69) is 51.1 Å². The van der Waals surface area contributed by atoms with Crippen molar-refractivity contribution in [3.63, 3.8) is 0 Å². The summed E-state index contributed by atoms with van der Waals surface area (Å²) in [6, 6.07) is 23.2. The molecule has 1 fully saturated rings. The Labute approximate surface area is 203 Å². The lowest BCUT2D eigenvalue weighted by molar-refractivity contribution is -0.124. The molecule has 6 rings (SSSR count). The van der Waals surface area contributed by atoms with Crippen LogP contribution in [0.15, 0.2) is 72.8 Å². The van der Waals surface area contributed by atoms with Crippen LogP contribution in [0.4, 0.5) is 11.4 Å². The smallest absolute Gasteiger partial charge is 0.269 e. The quantitative estimate of drug-likeness (QED) is 0.562. The third-order valence-electron chi connectivity index (χ3n) is 7.59. The van der Waals surface area contributed by atoms with E-state index in [0.29, 0.717) is 5.69 Å². The Morgan fingerprint density at radius 2 is 1.50 bits per heavy atom. The third kappa shape index (κ3) is 2.57. The van der Waals surface area contributed by atoms with E-state index in [1.807, 2.05) is 23.1 Å². The zero-order valence-corrected chi connectivity index (χ0v) is 20.2. The van der Waals surface area contributed by atoms with Crippen LogP contribution < -0.4 is 9.80 Å². The monoisotopic (exact) mass is 470 g/mol. The number of aromatic hydroxyl groups is 1. The first-order valence-corrected chi connectivity index (χ1v) is 12.5. The van der Waals surface area contributed by atoms with Crippen molar-refractivity contribution in [3.8, 4) is 5.75 Å². The number of anilines is 2. The predicted octanol–water partition coefficient (Wildman–Crippen LogP) is 5.16. The van der Waals surface area contributed by atoms with E-state index in [-0.39, 0.29) is 28.7 Å². The molecule has 0 bridgehead atoms. The molecular formula is C28H26N2O3S. The molecule has 3 aliphatic rings. The first-order chi connectivity index (χ1) is 16.2. The number of para-hydroxylation sites is 1. The molecule has 2 unspecified atom stereocenters. The summed E-state index contributed by atoms with van der Waals surface area (Å²) in [6.45, 7) is 6.51. The van der Waals surface area contributed by atoms with Gasteiger partial charge in [0.2, 0.25) is 10.8 Å². The third-order valence-corrected chi connectivity index (χ3v) is 8.98. The molecule has 2 amide bonds. The first kappa shape index (κ1) is 21.3. The number of fused-ring (bicyclic) bond motifs is 1. The van der Waals surface area contributed by atoms with Crippen molar-refractivity contribution in [2.24, 2.45) is 0 Å². The van der Waals surface area contributed by atoms with Gasteiger partial charge in [0.15, 0.2) is 0 Å². The average molecular weight is 471 g/mol. The zero-order valence-electron chi connectivity index (χ0n) is 19.4. The van der Waals surface area contributed by atoms with Crippen LogP contribution in [0.5, 0.6) is 5.75 Å². The molecular weight excluding hydrogens is 444 g/mol. The van der Waals surface area contributed by atoms with Gasteiger partial charge in [-0.05, 0) is 55.7 Å². The topological polar surface area (TPSA) is 60.9 Å². The number of amides is 2. The van der Waals surface area contributed by atoms with Gasteiger partial charge in [-0.25, -0.2) is 0 Å². The fourth-order valence-electron chi connectivity index (χ4n) is 6.31. The number of thioether (sulfide) groups is 1. The number of phenolic OH excluding ortho intramolecular Hbond substituents is 1. The Morgan fingerprint density at radius 3 is 2.21 bits per heavy atom. The molecule has 0 aromatic heterocycles. The average Bonchev–Trinajstić information content (AvgIpc) is 3.29. The second-order valence-corrected chi connectivity index (χ2v) is 11.4. The number of rotatable bonds is 2. The van der Waals surface area contributed by atoms with Gasteiger partial charge in [-0.3, -0.25) is 14.5 Å². The van der Waals surface area contributed by atoms with Gasteiger partial charge in [-0.15, -0.1) is 11.8 Å². The van der Waals surface area contributed by atoms with E-state index < -0.39 is 10.4 Å². The van der Waals surface area contributed by atoms with E-state index in [4.69, 9.17) is 0 Å². The molecule has 3 aliphatic heterocycles. The SMILES string of the molecule is CC1(c2ccccc2)CC(C)(C)N2C(=O)C3(SCC(=O)N3c3ccc(O)cc3)c3cccc1c32. The summed E-state index contributed by atoms with van der Waals surface area (Å²) in [6.07, 6.45) is 0.764. The molecule has 1 saturated heterocycles. The fraction of sp³-hybridized carbons (Fsp3) is 0.286. The predicted molar refractivity (Wildman–Crippen MR) is 135 cm³/mol. The molecule has 0 aliphatic carbocycles. The zero-order chi connectivity index (χ0) is 23.9. The van der Waals surface area contributed by atoms with E-state index >= 15 is 0 Å². The standard InChI is InChI=1S/C28H26N2O3S/c1-26(2)17-27(3,18-8-5-4-6-9-18)21-10-7-11-22-24(21)30(26)25(33)28(22)29(23(32)16-34-28)19-12-14-20(31)15-13-19/h4-15,31H,16-17H2,1-3H3. The van der Waals surface area contributed by atoms with Crippen LogP contribution in [0, 0.1) is 0 Å². The molecule has 34 heavy (non-hydrogen) atoms. The Balaban J connectivity index is 1.63. The van der Waals surface area contributed by atoms with Crippen molar-refractivity contribution >= 4 is 35.0 Å². The number of carbonyl (C=O) groups excluding carboxylic acids is 2. The lowest BCUT2D eigenvalue weighted by Gasteiger charge is -2.50. The summed E-state index contributed by atoms with van der Waals surface area (Å²) < 4.78 is 0. The van der Waals surface area contributed by atoms with Crippen LogP contribution in [-0.2, 0) is 19.9 Å². The molecule has 1 N–H and O–H groups in total. The van der Waals surface area contributed by atoms with Gasteiger partial charge in [0.1, 0.15) is 5.75 Å². The second-order valence-electron chi connectivity index (χ2n) is 10.2. The number of hydrogen-bond donors (Lipinski definition) is 1. The summed E-state index contributed by atoms with van der Waals surface area (Å²) in [5.41, 5.74) is 4.01. The van der Waals surface area contributed by atoms with E-state index in [9.17, 15) is 14.7 Å². The molecule has 0 saturated carbocycles. The van der Waals surface area contributed by atoms with Crippen molar-refractivity contribution in [2.75, 3.05) is 15.6 Å². The van der Waals surface area contributed by atoms with Crippen molar-refractivity contribution in [1.29, 1.82) is 0 Å². The molecule has 3 aromatic rings. The van der Waals surface area contributed by atoms with Crippen molar-refractivity contribution in [3.05, 3.63) is 89.5 Å². The second kappa shape index (κ2) is 6.89. The highest BCUT2D eigenvalue weighted by Crippen LogP contribution is 2.62. The number of nitrogens with zero attached hydrogens (tertiary/aromatic N) is 2. The van der Waals surface area contributed by atoms with Gasteiger partial charge in [0, 0.05) is 22.2 Å². The minimum Gasteiger partial charge on any atom is -0.508 e. The van der Waals surface area contributed by atoms with Gasteiger partial charge < -0.3 is 10.0 Å². The minimum atomic E-state index is -1.15. The highest BCUT2D eigenvalue weighted by molar-refractivity contribution is 8.02. The molecule has 172 valence electrons. The maximum absolute atomic E-state index is 14.4. The number of benzene rings is 3. The largest absolute Gasteiger partial charge is 0.508 e. The van der Waals surface area contributed by atoms with Crippen LogP contribution in [0.3, 0.4) is 0 Å². The highest BCUT2D eigenvalue weighted by atomic mass is 32.2. The molecule has 5 nitrogen and oxygen atoms in total. The molecule has 3 heterocycles. The Hall–Kier alpha value is -3.25. The lowest BCUT2D eigenvalue weighted by Crippen LogP contribution is -2.58. The van der Waals surface area contributed by atoms with Crippen LogP contribution in [-0.4, -0.2) is 28.2 Å². The van der Waals surface area contributed by atoms with E-state index in [0.717, 1.165) is 23.2 Å². The van der Waals surface area contributed by atoms with Gasteiger partial charge in [-0.1, -0.05) is 55.5 Å². The summed E-state index contributed by atoms with van der Waals surface area (Å²) >= 11 is 1.39.